The van der Waals surface area contributed by atoms with Crippen molar-refractivity contribution >= 4 is 23.2 Å². The predicted octanol–water partition coefficient (Wildman–Crippen LogP) is 1.10. The molecule has 2 N–H and O–H groups in total. The maximum atomic E-state index is 12.4. The first-order valence-corrected chi connectivity index (χ1v) is 7.12. The van der Waals surface area contributed by atoms with Gasteiger partial charge in [-0.05, 0) is 42.1 Å². The Morgan fingerprint density at radius 3 is 2.86 bits per heavy atom. The van der Waals surface area contributed by atoms with Gasteiger partial charge in [0.25, 0.3) is 5.91 Å². The summed E-state index contributed by atoms with van der Waals surface area (Å²) in [7, 11) is 0. The van der Waals surface area contributed by atoms with E-state index in [0.29, 0.717) is 17.0 Å². The van der Waals surface area contributed by atoms with E-state index in [1.165, 1.54) is 22.3 Å². The number of carboxylic acid groups (broad SMARTS) is 1. The summed E-state index contributed by atoms with van der Waals surface area (Å²) in [4.78, 5) is 23.5. The van der Waals surface area contributed by atoms with Gasteiger partial charge < -0.3 is 10.4 Å². The number of hydrogen-bond acceptors (Lipinski definition) is 6. The van der Waals surface area contributed by atoms with Crippen molar-refractivity contribution in [3.05, 3.63) is 22.7 Å². The number of carbonyl (C=O) groups excluding carboxylic acids is 1. The van der Waals surface area contributed by atoms with Gasteiger partial charge in [0, 0.05) is 12.0 Å². The third-order valence-corrected chi connectivity index (χ3v) is 3.76. The lowest BCUT2D eigenvalue weighted by Crippen LogP contribution is -2.43. The summed E-state index contributed by atoms with van der Waals surface area (Å²) in [6.07, 6.45) is 1.76. The first-order chi connectivity index (χ1) is 9.89. The van der Waals surface area contributed by atoms with Crippen molar-refractivity contribution in [2.75, 3.05) is 0 Å². The van der Waals surface area contributed by atoms with Crippen LogP contribution in [-0.4, -0.2) is 42.7 Å². The molecule has 0 fully saturated rings. The number of carboxylic acids is 1. The third-order valence-electron chi connectivity index (χ3n) is 2.86. The van der Waals surface area contributed by atoms with Crippen molar-refractivity contribution < 1.29 is 14.7 Å². The van der Waals surface area contributed by atoms with Gasteiger partial charge in [-0.15, -0.1) is 16.4 Å². The molecular weight excluding hydrogens is 294 g/mol. The minimum Gasteiger partial charge on any atom is -0.481 e. The fourth-order valence-electron chi connectivity index (χ4n) is 1.77. The molecule has 2 aromatic rings. The van der Waals surface area contributed by atoms with Crippen molar-refractivity contribution in [2.24, 2.45) is 0 Å². The van der Waals surface area contributed by atoms with E-state index in [9.17, 15) is 9.59 Å². The molecule has 9 heteroatoms. The smallest absolute Gasteiger partial charge is 0.303 e. The van der Waals surface area contributed by atoms with E-state index in [2.05, 4.69) is 20.8 Å². The molecule has 2 aromatic heterocycles. The second kappa shape index (κ2) is 6.00. The van der Waals surface area contributed by atoms with Crippen molar-refractivity contribution in [3.8, 4) is 5.69 Å². The fraction of sp³-hybridized carbons (Fsp3) is 0.417. The summed E-state index contributed by atoms with van der Waals surface area (Å²) in [6.45, 7) is 3.58. The van der Waals surface area contributed by atoms with Crippen molar-refractivity contribution in [1.29, 1.82) is 0 Å². The third kappa shape index (κ3) is 3.85. The van der Waals surface area contributed by atoms with Crippen LogP contribution in [0.3, 0.4) is 0 Å². The van der Waals surface area contributed by atoms with Gasteiger partial charge in [-0.1, -0.05) is 0 Å². The molecule has 0 radical (unpaired) electrons. The zero-order valence-electron chi connectivity index (χ0n) is 11.6. The zero-order valence-corrected chi connectivity index (χ0v) is 12.4. The lowest BCUT2D eigenvalue weighted by molar-refractivity contribution is -0.137. The van der Waals surface area contributed by atoms with Crippen LogP contribution in [0.15, 0.2) is 17.8 Å². The Morgan fingerprint density at radius 2 is 2.24 bits per heavy atom. The molecule has 21 heavy (non-hydrogen) atoms. The van der Waals surface area contributed by atoms with Crippen LogP contribution in [0, 0.1) is 0 Å². The van der Waals surface area contributed by atoms with Crippen LogP contribution in [0.4, 0.5) is 0 Å². The summed E-state index contributed by atoms with van der Waals surface area (Å²) < 4.78 is 1.41. The highest BCUT2D eigenvalue weighted by molar-refractivity contribution is 7.12. The summed E-state index contributed by atoms with van der Waals surface area (Å²) in [5, 5.41) is 24.2. The Morgan fingerprint density at radius 1 is 1.48 bits per heavy atom. The Bertz CT molecular complexity index is 635. The molecular formula is C12H15N5O3S. The Balaban J connectivity index is 2.11. The fourth-order valence-corrected chi connectivity index (χ4v) is 2.54. The molecule has 0 aliphatic heterocycles. The SMILES string of the molecule is CC(C)(CCC(=O)O)NC(=O)c1sccc1-n1cnnn1. The largest absolute Gasteiger partial charge is 0.481 e. The highest BCUT2D eigenvalue weighted by atomic mass is 32.1. The van der Waals surface area contributed by atoms with Crippen LogP contribution < -0.4 is 5.32 Å². The minimum atomic E-state index is -0.886. The number of amides is 1. The average Bonchev–Trinajstić information content (AvgIpc) is 3.06. The quantitative estimate of drug-likeness (QED) is 0.826. The van der Waals surface area contributed by atoms with Gasteiger partial charge in [-0.2, -0.15) is 4.68 Å². The first-order valence-electron chi connectivity index (χ1n) is 6.24. The number of rotatable bonds is 6. The predicted molar refractivity (Wildman–Crippen MR) is 75.4 cm³/mol. The Labute approximate surface area is 124 Å². The molecule has 2 rings (SSSR count). The molecule has 112 valence electrons. The van der Waals surface area contributed by atoms with E-state index in [1.54, 1.807) is 25.3 Å². The lowest BCUT2D eigenvalue weighted by atomic mass is 9.98. The van der Waals surface area contributed by atoms with E-state index in [1.807, 2.05) is 0 Å². The average molecular weight is 309 g/mol. The Hall–Kier alpha value is -2.29. The van der Waals surface area contributed by atoms with Gasteiger partial charge in [0.1, 0.15) is 11.2 Å². The van der Waals surface area contributed by atoms with Crippen LogP contribution >= 0.6 is 11.3 Å². The normalized spacial score (nSPS) is 11.3. The number of hydrogen-bond donors (Lipinski definition) is 2. The monoisotopic (exact) mass is 309 g/mol. The van der Waals surface area contributed by atoms with E-state index in [0.717, 1.165) is 0 Å². The molecule has 0 aromatic carbocycles. The molecule has 0 saturated carbocycles. The highest BCUT2D eigenvalue weighted by Gasteiger charge is 2.24. The molecule has 1 amide bonds. The van der Waals surface area contributed by atoms with E-state index >= 15 is 0 Å². The van der Waals surface area contributed by atoms with Crippen LogP contribution in [0.2, 0.25) is 0 Å². The lowest BCUT2D eigenvalue weighted by Gasteiger charge is -2.25. The number of nitrogens with zero attached hydrogens (tertiary/aromatic N) is 4. The molecule has 0 aliphatic rings. The molecule has 0 spiro atoms. The molecule has 0 bridgehead atoms. The number of aromatic nitrogens is 4. The molecule has 0 saturated heterocycles. The van der Waals surface area contributed by atoms with Gasteiger partial charge in [-0.3, -0.25) is 9.59 Å². The summed E-state index contributed by atoms with van der Waals surface area (Å²) in [6, 6.07) is 1.75. The number of carbonyl (C=O) groups is 2. The van der Waals surface area contributed by atoms with Gasteiger partial charge in [0.2, 0.25) is 0 Å². The van der Waals surface area contributed by atoms with E-state index in [4.69, 9.17) is 5.11 Å². The summed E-state index contributed by atoms with van der Waals surface area (Å²) in [5.41, 5.74) is -0.0197. The molecule has 2 heterocycles. The maximum absolute atomic E-state index is 12.4. The second-order valence-corrected chi connectivity index (χ2v) is 6.04. The highest BCUT2D eigenvalue weighted by Crippen LogP contribution is 2.21. The van der Waals surface area contributed by atoms with Gasteiger partial charge in [0.15, 0.2) is 0 Å². The van der Waals surface area contributed by atoms with Gasteiger partial charge >= 0.3 is 5.97 Å². The van der Waals surface area contributed by atoms with Crippen LogP contribution in [0.1, 0.15) is 36.4 Å². The second-order valence-electron chi connectivity index (χ2n) is 5.12. The van der Waals surface area contributed by atoms with Gasteiger partial charge in [0.05, 0.1) is 5.69 Å². The van der Waals surface area contributed by atoms with Crippen LogP contribution in [0.5, 0.6) is 0 Å². The standard InChI is InChI=1S/C12H15N5O3S/c1-12(2,5-3-9(18)19)14-11(20)10-8(4-6-21-10)17-7-13-15-16-17/h4,6-7H,3,5H2,1-2H3,(H,14,20)(H,18,19). The molecule has 0 atom stereocenters. The van der Waals surface area contributed by atoms with E-state index in [-0.39, 0.29) is 12.3 Å². The minimum absolute atomic E-state index is 0.00241. The first kappa shape index (κ1) is 15.1. The van der Waals surface area contributed by atoms with E-state index < -0.39 is 11.5 Å². The summed E-state index contributed by atoms with van der Waals surface area (Å²) >= 11 is 1.28. The van der Waals surface area contributed by atoms with Gasteiger partial charge in [-0.25, -0.2) is 0 Å². The number of nitrogens with one attached hydrogen (secondary N) is 1. The van der Waals surface area contributed by atoms with Crippen molar-refractivity contribution in [3.63, 3.8) is 0 Å². The Kier molecular flexibility index (Phi) is 4.32. The zero-order chi connectivity index (χ0) is 15.5. The number of aliphatic carboxylic acids is 1. The topological polar surface area (TPSA) is 110 Å². The van der Waals surface area contributed by atoms with Crippen LogP contribution in [-0.2, 0) is 4.79 Å². The van der Waals surface area contributed by atoms with Crippen molar-refractivity contribution in [2.45, 2.75) is 32.2 Å². The van der Waals surface area contributed by atoms with Crippen LogP contribution in [0.25, 0.3) is 5.69 Å². The summed E-state index contributed by atoms with van der Waals surface area (Å²) in [5.74, 6) is -1.16. The molecule has 0 aliphatic carbocycles. The number of thiophene rings is 1. The van der Waals surface area contributed by atoms with Crippen molar-refractivity contribution in [1.82, 2.24) is 25.5 Å². The molecule has 0 unspecified atom stereocenters. The number of tetrazole rings is 1. The molecule has 8 nitrogen and oxygen atoms in total. The maximum Gasteiger partial charge on any atom is 0.303 e.